The van der Waals surface area contributed by atoms with Gasteiger partial charge in [-0.2, -0.15) is 0 Å². The van der Waals surface area contributed by atoms with Crippen LogP contribution in [0.2, 0.25) is 0 Å². The van der Waals surface area contributed by atoms with Crippen LogP contribution in [-0.2, 0) is 19.6 Å². The predicted octanol–water partition coefficient (Wildman–Crippen LogP) is 1.49. The summed E-state index contributed by atoms with van der Waals surface area (Å²) in [6.07, 6.45) is -0.754. The van der Waals surface area contributed by atoms with Gasteiger partial charge in [0.15, 0.2) is 11.5 Å². The highest BCUT2D eigenvalue weighted by Crippen LogP contribution is 2.34. The second-order valence-corrected chi connectivity index (χ2v) is 8.12. The third-order valence-corrected chi connectivity index (χ3v) is 5.89. The maximum atomic E-state index is 12.6. The molecule has 1 amide bonds. The Bertz CT molecular complexity index is 958. The van der Waals surface area contributed by atoms with E-state index in [4.69, 9.17) is 14.2 Å². The number of hydrogen-bond acceptors (Lipinski definition) is 6. The molecule has 2 heterocycles. The number of sulfonamides is 1. The molecular formula is C19H20N2O6S. The quantitative estimate of drug-likeness (QED) is 0.830. The van der Waals surface area contributed by atoms with Gasteiger partial charge in [0.2, 0.25) is 6.10 Å². The first kappa shape index (κ1) is 18.6. The minimum absolute atomic E-state index is 0.0266. The van der Waals surface area contributed by atoms with Crippen molar-refractivity contribution in [1.29, 1.82) is 0 Å². The minimum Gasteiger partial charge on any atom is -0.485 e. The fourth-order valence-corrected chi connectivity index (χ4v) is 4.12. The van der Waals surface area contributed by atoms with Crippen LogP contribution in [-0.4, -0.2) is 58.2 Å². The van der Waals surface area contributed by atoms with Crippen LogP contribution in [0.15, 0.2) is 53.4 Å². The molecule has 9 heteroatoms. The number of amides is 1. The average Bonchev–Trinajstić information content (AvgIpc) is 2.73. The Kier molecular flexibility index (Phi) is 5.10. The second kappa shape index (κ2) is 7.69. The van der Waals surface area contributed by atoms with Crippen molar-refractivity contribution >= 4 is 21.6 Å². The van der Waals surface area contributed by atoms with E-state index in [2.05, 4.69) is 4.72 Å². The van der Waals surface area contributed by atoms with Crippen LogP contribution < -0.4 is 14.2 Å². The van der Waals surface area contributed by atoms with Crippen molar-refractivity contribution in [2.24, 2.45) is 0 Å². The van der Waals surface area contributed by atoms with Crippen molar-refractivity contribution in [1.82, 2.24) is 4.90 Å². The average molecular weight is 404 g/mol. The fraction of sp³-hybridized carbons (Fsp3) is 0.316. The molecule has 0 aliphatic carbocycles. The number of nitrogens with one attached hydrogen (secondary N) is 1. The largest absolute Gasteiger partial charge is 0.485 e. The van der Waals surface area contributed by atoms with E-state index in [1.807, 2.05) is 0 Å². The Hall–Kier alpha value is -2.78. The van der Waals surface area contributed by atoms with Gasteiger partial charge in [-0.1, -0.05) is 18.2 Å². The highest BCUT2D eigenvalue weighted by atomic mass is 32.2. The number of fused-ring (bicyclic) bond motifs is 1. The molecule has 2 aromatic rings. The summed E-state index contributed by atoms with van der Waals surface area (Å²) in [7, 11) is -3.77. The van der Waals surface area contributed by atoms with Crippen molar-refractivity contribution in [2.45, 2.75) is 11.0 Å². The van der Waals surface area contributed by atoms with E-state index in [1.165, 1.54) is 18.2 Å². The normalized spacial score (nSPS) is 19.1. The van der Waals surface area contributed by atoms with E-state index in [-0.39, 0.29) is 17.4 Å². The number of carbonyl (C=O) groups excluding carboxylic acids is 1. The van der Waals surface area contributed by atoms with Crippen LogP contribution >= 0.6 is 0 Å². The standard InChI is InChI=1S/C19H20N2O6S/c22-19(21-8-10-25-11-9-21)18-13-26-17-12-15(6-7-16(17)27-18)28(23,24)20-14-4-2-1-3-5-14/h1-7,12,18,20H,8-11,13H2/t18-/m1/s1. The van der Waals surface area contributed by atoms with E-state index in [0.29, 0.717) is 43.5 Å². The first-order valence-electron chi connectivity index (χ1n) is 8.91. The second-order valence-electron chi connectivity index (χ2n) is 6.44. The van der Waals surface area contributed by atoms with Gasteiger partial charge in [-0.05, 0) is 24.3 Å². The summed E-state index contributed by atoms with van der Waals surface area (Å²) in [6, 6.07) is 12.9. The first-order valence-corrected chi connectivity index (χ1v) is 10.4. The van der Waals surface area contributed by atoms with E-state index in [1.54, 1.807) is 35.2 Å². The summed E-state index contributed by atoms with van der Waals surface area (Å²) in [5, 5.41) is 0. The van der Waals surface area contributed by atoms with Crippen molar-refractivity contribution in [2.75, 3.05) is 37.6 Å². The van der Waals surface area contributed by atoms with Crippen LogP contribution in [0.25, 0.3) is 0 Å². The van der Waals surface area contributed by atoms with Gasteiger partial charge in [-0.15, -0.1) is 0 Å². The lowest BCUT2D eigenvalue weighted by atomic mass is 10.2. The topological polar surface area (TPSA) is 94.2 Å². The van der Waals surface area contributed by atoms with Crippen LogP contribution in [0.5, 0.6) is 11.5 Å². The molecule has 1 N–H and O–H groups in total. The maximum absolute atomic E-state index is 12.6. The van der Waals surface area contributed by atoms with Gasteiger partial charge >= 0.3 is 0 Å². The zero-order valence-electron chi connectivity index (χ0n) is 15.0. The Labute approximate surface area is 163 Å². The molecule has 28 heavy (non-hydrogen) atoms. The minimum atomic E-state index is -3.77. The lowest BCUT2D eigenvalue weighted by Crippen LogP contribution is -2.50. The van der Waals surface area contributed by atoms with E-state index in [0.717, 1.165) is 0 Å². The van der Waals surface area contributed by atoms with Crippen molar-refractivity contribution in [3.8, 4) is 11.5 Å². The van der Waals surface area contributed by atoms with Crippen molar-refractivity contribution < 1.29 is 27.4 Å². The third kappa shape index (κ3) is 3.90. The molecule has 1 fully saturated rings. The summed E-state index contributed by atoms with van der Waals surface area (Å²) < 4.78 is 44.3. The number of nitrogens with zero attached hydrogens (tertiary/aromatic N) is 1. The van der Waals surface area contributed by atoms with Crippen molar-refractivity contribution in [3.63, 3.8) is 0 Å². The Morgan fingerprint density at radius 3 is 2.54 bits per heavy atom. The van der Waals surface area contributed by atoms with Gasteiger partial charge in [-0.3, -0.25) is 9.52 Å². The van der Waals surface area contributed by atoms with Gasteiger partial charge in [0, 0.05) is 24.8 Å². The molecule has 8 nitrogen and oxygen atoms in total. The summed E-state index contributed by atoms with van der Waals surface area (Å²) >= 11 is 0. The number of benzene rings is 2. The van der Waals surface area contributed by atoms with Gasteiger partial charge in [0.1, 0.15) is 6.61 Å². The third-order valence-electron chi connectivity index (χ3n) is 4.51. The fourth-order valence-electron chi connectivity index (χ4n) is 3.05. The van der Waals surface area contributed by atoms with Crippen LogP contribution in [0.4, 0.5) is 5.69 Å². The molecule has 0 spiro atoms. The molecule has 0 radical (unpaired) electrons. The number of carbonyl (C=O) groups is 1. The Balaban J connectivity index is 1.48. The molecule has 0 saturated carbocycles. The number of hydrogen-bond donors (Lipinski definition) is 1. The van der Waals surface area contributed by atoms with E-state index < -0.39 is 16.1 Å². The van der Waals surface area contributed by atoms with Gasteiger partial charge in [0.25, 0.3) is 15.9 Å². The summed E-state index contributed by atoms with van der Waals surface area (Å²) in [4.78, 5) is 14.3. The number of ether oxygens (including phenoxy) is 3. The van der Waals surface area contributed by atoms with Gasteiger partial charge in [0.05, 0.1) is 18.1 Å². The van der Waals surface area contributed by atoms with Gasteiger partial charge < -0.3 is 19.1 Å². The zero-order valence-corrected chi connectivity index (χ0v) is 15.9. The number of rotatable bonds is 4. The number of anilines is 1. The molecule has 4 rings (SSSR count). The smallest absolute Gasteiger partial charge is 0.267 e. The predicted molar refractivity (Wildman–Crippen MR) is 101 cm³/mol. The molecule has 148 valence electrons. The molecule has 2 aromatic carbocycles. The molecule has 2 aliphatic rings. The van der Waals surface area contributed by atoms with E-state index in [9.17, 15) is 13.2 Å². The molecule has 0 unspecified atom stereocenters. The molecular weight excluding hydrogens is 384 g/mol. The molecule has 1 saturated heterocycles. The molecule has 0 aromatic heterocycles. The lowest BCUT2D eigenvalue weighted by molar-refractivity contribution is -0.145. The molecule has 1 atom stereocenters. The summed E-state index contributed by atoms with van der Waals surface area (Å²) in [6.45, 7) is 2.08. The zero-order chi connectivity index (χ0) is 19.6. The molecule has 0 bridgehead atoms. The van der Waals surface area contributed by atoms with Crippen LogP contribution in [0.3, 0.4) is 0 Å². The van der Waals surface area contributed by atoms with Crippen molar-refractivity contribution in [3.05, 3.63) is 48.5 Å². The lowest BCUT2D eigenvalue weighted by Gasteiger charge is -2.32. The maximum Gasteiger partial charge on any atom is 0.267 e. The Morgan fingerprint density at radius 1 is 1.04 bits per heavy atom. The Morgan fingerprint density at radius 2 is 1.79 bits per heavy atom. The highest BCUT2D eigenvalue weighted by Gasteiger charge is 2.32. The summed E-state index contributed by atoms with van der Waals surface area (Å²) in [5.41, 5.74) is 0.466. The SMILES string of the molecule is O=C([C@H]1COc2cc(S(=O)(=O)Nc3ccccc3)ccc2O1)N1CCOCC1. The van der Waals surface area contributed by atoms with Crippen LogP contribution in [0.1, 0.15) is 0 Å². The van der Waals surface area contributed by atoms with Crippen LogP contribution in [0, 0.1) is 0 Å². The number of para-hydroxylation sites is 1. The monoisotopic (exact) mass is 404 g/mol. The van der Waals surface area contributed by atoms with Gasteiger partial charge in [-0.25, -0.2) is 8.42 Å². The van der Waals surface area contributed by atoms with E-state index >= 15 is 0 Å². The number of morpholine rings is 1. The first-order chi connectivity index (χ1) is 13.5. The highest BCUT2D eigenvalue weighted by molar-refractivity contribution is 7.92. The molecule has 2 aliphatic heterocycles. The summed E-state index contributed by atoms with van der Waals surface area (Å²) in [5.74, 6) is 0.481.